The second kappa shape index (κ2) is 5.92. The molecule has 1 aliphatic heterocycles. The summed E-state index contributed by atoms with van der Waals surface area (Å²) in [5.41, 5.74) is 0. The molecule has 2 unspecified atom stereocenters. The third-order valence-corrected chi connectivity index (χ3v) is 7.85. The lowest BCUT2D eigenvalue weighted by molar-refractivity contribution is 0.139. The molecule has 2 atom stereocenters. The van der Waals surface area contributed by atoms with Crippen LogP contribution in [0, 0.1) is 12.8 Å². The molecule has 1 N–H and O–H groups in total. The van der Waals surface area contributed by atoms with Crippen LogP contribution in [0.1, 0.15) is 24.6 Å². The van der Waals surface area contributed by atoms with Crippen molar-refractivity contribution in [3.8, 4) is 0 Å². The molecule has 4 nitrogen and oxygen atoms in total. The van der Waals surface area contributed by atoms with Gasteiger partial charge < -0.3 is 5.11 Å². The van der Waals surface area contributed by atoms with Crippen molar-refractivity contribution in [1.29, 1.82) is 0 Å². The SMILES string of the molecule is Cc1sc2ccccc2c1S(=O)(=O)N1CC(CO)CCC1C. The number of hydrogen-bond donors (Lipinski definition) is 1. The lowest BCUT2D eigenvalue weighted by Crippen LogP contribution is -2.46. The molecule has 1 fully saturated rings. The summed E-state index contributed by atoms with van der Waals surface area (Å²) in [6.07, 6.45) is 1.68. The zero-order chi connectivity index (χ0) is 15.9. The number of aliphatic hydroxyl groups excluding tert-OH is 1. The standard InChI is InChI=1S/C16H21NO3S2/c1-11-7-8-13(10-18)9-17(11)22(19,20)16-12(2)21-15-6-4-3-5-14(15)16/h3-6,11,13,18H,7-10H2,1-2H3. The van der Waals surface area contributed by atoms with Gasteiger partial charge in [-0.05, 0) is 38.7 Å². The number of fused-ring (bicyclic) bond motifs is 1. The van der Waals surface area contributed by atoms with Crippen LogP contribution in [0.4, 0.5) is 0 Å². The lowest BCUT2D eigenvalue weighted by Gasteiger charge is -2.36. The van der Waals surface area contributed by atoms with Crippen LogP contribution in [0.3, 0.4) is 0 Å². The fourth-order valence-corrected chi connectivity index (χ4v) is 6.72. The Hall–Kier alpha value is -0.950. The molecule has 2 aromatic rings. The van der Waals surface area contributed by atoms with Crippen LogP contribution in [0.5, 0.6) is 0 Å². The molecule has 6 heteroatoms. The van der Waals surface area contributed by atoms with Gasteiger partial charge in [-0.1, -0.05) is 18.2 Å². The van der Waals surface area contributed by atoms with E-state index >= 15 is 0 Å². The van der Waals surface area contributed by atoms with E-state index in [1.165, 1.54) is 11.3 Å². The van der Waals surface area contributed by atoms with E-state index < -0.39 is 10.0 Å². The molecule has 0 radical (unpaired) electrons. The maximum atomic E-state index is 13.2. The molecule has 0 saturated carbocycles. The Bertz CT molecular complexity index is 782. The molecule has 0 amide bonds. The fraction of sp³-hybridized carbons (Fsp3) is 0.500. The topological polar surface area (TPSA) is 57.6 Å². The Labute approximate surface area is 135 Å². The van der Waals surface area contributed by atoms with Gasteiger partial charge in [0.05, 0.1) is 0 Å². The summed E-state index contributed by atoms with van der Waals surface area (Å²) < 4.78 is 29.0. The van der Waals surface area contributed by atoms with E-state index in [0.29, 0.717) is 11.4 Å². The third kappa shape index (κ3) is 2.58. The van der Waals surface area contributed by atoms with Gasteiger partial charge in [-0.15, -0.1) is 11.3 Å². The highest BCUT2D eigenvalue weighted by Crippen LogP contribution is 2.37. The van der Waals surface area contributed by atoms with Crippen molar-refractivity contribution < 1.29 is 13.5 Å². The van der Waals surface area contributed by atoms with Crippen molar-refractivity contribution in [2.24, 2.45) is 5.92 Å². The van der Waals surface area contributed by atoms with E-state index in [1.807, 2.05) is 38.1 Å². The molecule has 0 aliphatic carbocycles. The minimum absolute atomic E-state index is 0.0223. The van der Waals surface area contributed by atoms with Crippen LogP contribution in [0.2, 0.25) is 0 Å². The predicted octanol–water partition coefficient (Wildman–Crippen LogP) is 2.99. The zero-order valence-corrected chi connectivity index (χ0v) is 14.5. The van der Waals surface area contributed by atoms with E-state index in [2.05, 4.69) is 0 Å². The second-order valence-electron chi connectivity index (χ2n) is 6.03. The summed E-state index contributed by atoms with van der Waals surface area (Å²) in [6, 6.07) is 7.63. The molecule has 120 valence electrons. The third-order valence-electron chi connectivity index (χ3n) is 4.46. The van der Waals surface area contributed by atoms with Gasteiger partial charge in [0, 0.05) is 34.2 Å². The number of hydrogen-bond acceptors (Lipinski definition) is 4. The maximum Gasteiger partial charge on any atom is 0.245 e. The number of rotatable bonds is 3. The molecule has 1 aromatic carbocycles. The lowest BCUT2D eigenvalue weighted by atomic mass is 9.96. The molecule has 1 aromatic heterocycles. The second-order valence-corrected chi connectivity index (χ2v) is 9.12. The number of nitrogens with zero attached hydrogens (tertiary/aromatic N) is 1. The largest absolute Gasteiger partial charge is 0.396 e. The molecule has 1 saturated heterocycles. The summed E-state index contributed by atoms with van der Waals surface area (Å²) in [5, 5.41) is 10.2. The van der Waals surface area contributed by atoms with Crippen LogP contribution in [-0.2, 0) is 10.0 Å². The smallest absolute Gasteiger partial charge is 0.245 e. The molecule has 22 heavy (non-hydrogen) atoms. The first kappa shape index (κ1) is 15.9. The molecule has 0 bridgehead atoms. The van der Waals surface area contributed by atoms with Gasteiger partial charge in [-0.3, -0.25) is 0 Å². The number of benzene rings is 1. The number of aryl methyl sites for hydroxylation is 1. The molecular weight excluding hydrogens is 318 g/mol. The maximum absolute atomic E-state index is 13.2. The van der Waals surface area contributed by atoms with Gasteiger partial charge in [0.1, 0.15) is 4.90 Å². The highest BCUT2D eigenvalue weighted by Gasteiger charge is 2.36. The number of thiophene rings is 1. The Kier molecular flexibility index (Phi) is 4.29. The van der Waals surface area contributed by atoms with Crippen molar-refractivity contribution in [3.63, 3.8) is 0 Å². The molecule has 1 aliphatic rings. The average Bonchev–Trinajstić information content (AvgIpc) is 2.84. The Morgan fingerprint density at radius 3 is 2.77 bits per heavy atom. The summed E-state index contributed by atoms with van der Waals surface area (Å²) in [6.45, 7) is 4.27. The first-order chi connectivity index (χ1) is 10.4. The number of piperidine rings is 1. The summed E-state index contributed by atoms with van der Waals surface area (Å²) in [5.74, 6) is 0.0381. The average molecular weight is 339 g/mol. The highest BCUT2D eigenvalue weighted by molar-refractivity contribution is 7.89. The molecule has 0 spiro atoms. The van der Waals surface area contributed by atoms with Crippen LogP contribution in [-0.4, -0.2) is 37.0 Å². The van der Waals surface area contributed by atoms with Gasteiger partial charge in [0.25, 0.3) is 0 Å². The Morgan fingerprint density at radius 1 is 1.32 bits per heavy atom. The minimum atomic E-state index is -3.54. The van der Waals surface area contributed by atoms with Crippen molar-refractivity contribution in [2.75, 3.05) is 13.2 Å². The van der Waals surface area contributed by atoms with Gasteiger partial charge in [0.15, 0.2) is 0 Å². The van der Waals surface area contributed by atoms with E-state index in [0.717, 1.165) is 27.8 Å². The zero-order valence-electron chi connectivity index (χ0n) is 12.8. The van der Waals surface area contributed by atoms with Crippen molar-refractivity contribution in [3.05, 3.63) is 29.1 Å². The van der Waals surface area contributed by atoms with Crippen LogP contribution in [0.15, 0.2) is 29.2 Å². The van der Waals surface area contributed by atoms with Gasteiger partial charge >= 0.3 is 0 Å². The monoisotopic (exact) mass is 339 g/mol. The predicted molar refractivity (Wildman–Crippen MR) is 89.7 cm³/mol. The van der Waals surface area contributed by atoms with E-state index in [1.54, 1.807) is 4.31 Å². The minimum Gasteiger partial charge on any atom is -0.396 e. The molecule has 2 heterocycles. The Morgan fingerprint density at radius 2 is 2.05 bits per heavy atom. The number of sulfonamides is 1. The van der Waals surface area contributed by atoms with Crippen molar-refractivity contribution in [1.82, 2.24) is 4.31 Å². The van der Waals surface area contributed by atoms with Crippen molar-refractivity contribution in [2.45, 2.75) is 37.6 Å². The van der Waals surface area contributed by atoms with E-state index in [4.69, 9.17) is 0 Å². The van der Waals surface area contributed by atoms with Crippen LogP contribution >= 0.6 is 11.3 Å². The van der Waals surface area contributed by atoms with E-state index in [-0.39, 0.29) is 18.6 Å². The van der Waals surface area contributed by atoms with Gasteiger partial charge in [-0.2, -0.15) is 4.31 Å². The Balaban J connectivity index is 2.10. The summed E-state index contributed by atoms with van der Waals surface area (Å²) in [7, 11) is -3.54. The normalized spacial score (nSPS) is 24.0. The first-order valence-corrected chi connectivity index (χ1v) is 9.81. The van der Waals surface area contributed by atoms with Gasteiger partial charge in [-0.25, -0.2) is 8.42 Å². The van der Waals surface area contributed by atoms with Crippen LogP contribution < -0.4 is 0 Å². The fourth-order valence-electron chi connectivity index (χ4n) is 3.21. The van der Waals surface area contributed by atoms with Crippen LogP contribution in [0.25, 0.3) is 10.1 Å². The highest BCUT2D eigenvalue weighted by atomic mass is 32.2. The van der Waals surface area contributed by atoms with E-state index in [9.17, 15) is 13.5 Å². The molecular formula is C16H21NO3S2. The summed E-state index contributed by atoms with van der Waals surface area (Å²) >= 11 is 1.52. The van der Waals surface area contributed by atoms with Gasteiger partial charge in [0.2, 0.25) is 10.0 Å². The van der Waals surface area contributed by atoms with Crippen molar-refractivity contribution >= 4 is 31.4 Å². The molecule has 3 rings (SSSR count). The quantitative estimate of drug-likeness (QED) is 0.935. The summed E-state index contributed by atoms with van der Waals surface area (Å²) in [4.78, 5) is 1.28. The first-order valence-electron chi connectivity index (χ1n) is 7.56. The number of aliphatic hydroxyl groups is 1.